The lowest BCUT2D eigenvalue weighted by atomic mass is 10.1. The summed E-state index contributed by atoms with van der Waals surface area (Å²) in [5, 5.41) is 15.6. The predicted molar refractivity (Wildman–Crippen MR) is 107 cm³/mol. The standard InChI is InChI=1S/C19H18FN5O2S2/c1-11-5-6-13(8-15(11)20)18-22-16(27-25-18)4-3-7-28-19-24-23-17(26-19)9-14-10-29-12(2)21-14/h5-6,8,10H,3-4,7,9H2,1-2H3. The molecule has 29 heavy (non-hydrogen) atoms. The first-order valence-corrected chi connectivity index (χ1v) is 10.9. The highest BCUT2D eigenvalue weighted by Gasteiger charge is 2.12. The lowest BCUT2D eigenvalue weighted by molar-refractivity contribution is 0.378. The highest BCUT2D eigenvalue weighted by Crippen LogP contribution is 2.22. The van der Waals surface area contributed by atoms with Crippen LogP contribution in [0.4, 0.5) is 4.39 Å². The third-order valence-corrected chi connectivity index (χ3v) is 5.83. The van der Waals surface area contributed by atoms with Crippen LogP contribution < -0.4 is 0 Å². The van der Waals surface area contributed by atoms with Gasteiger partial charge in [0.1, 0.15) is 5.82 Å². The molecule has 0 aliphatic carbocycles. The number of hydrogen-bond acceptors (Lipinski definition) is 9. The van der Waals surface area contributed by atoms with Gasteiger partial charge in [0.25, 0.3) is 5.22 Å². The summed E-state index contributed by atoms with van der Waals surface area (Å²) in [6, 6.07) is 4.90. The first-order chi connectivity index (χ1) is 14.1. The summed E-state index contributed by atoms with van der Waals surface area (Å²) < 4.78 is 24.6. The van der Waals surface area contributed by atoms with Crippen LogP contribution >= 0.6 is 23.1 Å². The normalized spacial score (nSPS) is 11.3. The minimum Gasteiger partial charge on any atom is -0.416 e. The van der Waals surface area contributed by atoms with E-state index in [-0.39, 0.29) is 5.82 Å². The number of hydrogen-bond donors (Lipinski definition) is 0. The van der Waals surface area contributed by atoms with Gasteiger partial charge in [-0.25, -0.2) is 9.37 Å². The molecule has 0 aliphatic heterocycles. The van der Waals surface area contributed by atoms with Crippen molar-refractivity contribution in [3.8, 4) is 11.4 Å². The summed E-state index contributed by atoms with van der Waals surface area (Å²) in [5.74, 6) is 1.96. The van der Waals surface area contributed by atoms with Gasteiger partial charge in [0.05, 0.1) is 17.1 Å². The van der Waals surface area contributed by atoms with Crippen molar-refractivity contribution in [2.24, 2.45) is 0 Å². The van der Waals surface area contributed by atoms with Crippen LogP contribution in [0.3, 0.4) is 0 Å². The molecule has 0 saturated heterocycles. The number of aromatic nitrogens is 5. The van der Waals surface area contributed by atoms with Crippen molar-refractivity contribution in [3.63, 3.8) is 0 Å². The van der Waals surface area contributed by atoms with Gasteiger partial charge in [-0.2, -0.15) is 4.98 Å². The lowest BCUT2D eigenvalue weighted by Gasteiger charge is -1.97. The lowest BCUT2D eigenvalue weighted by Crippen LogP contribution is -1.89. The number of rotatable bonds is 8. The van der Waals surface area contributed by atoms with Crippen LogP contribution in [0.25, 0.3) is 11.4 Å². The SMILES string of the molecule is Cc1nc(Cc2nnc(SCCCc3nc(-c4ccc(C)c(F)c4)no3)o2)cs1. The molecular formula is C19H18FN5O2S2. The average Bonchev–Trinajstić information content (AvgIpc) is 3.43. The van der Waals surface area contributed by atoms with Crippen molar-refractivity contribution in [1.29, 1.82) is 0 Å². The van der Waals surface area contributed by atoms with E-state index in [0.29, 0.717) is 46.8 Å². The maximum atomic E-state index is 13.7. The molecule has 1 aromatic carbocycles. The number of halogens is 1. The minimum absolute atomic E-state index is 0.283. The molecule has 150 valence electrons. The molecule has 4 rings (SSSR count). The van der Waals surface area contributed by atoms with Gasteiger partial charge < -0.3 is 8.94 Å². The quantitative estimate of drug-likeness (QED) is 0.294. The number of aryl methyl sites for hydroxylation is 3. The minimum atomic E-state index is -0.283. The second kappa shape index (κ2) is 8.83. The molecule has 0 spiro atoms. The van der Waals surface area contributed by atoms with Crippen LogP contribution in [0.2, 0.25) is 0 Å². The van der Waals surface area contributed by atoms with E-state index in [4.69, 9.17) is 8.94 Å². The number of benzene rings is 1. The molecule has 0 bridgehead atoms. The first-order valence-electron chi connectivity index (χ1n) is 9.02. The van der Waals surface area contributed by atoms with Crippen LogP contribution in [0.1, 0.15) is 34.5 Å². The van der Waals surface area contributed by atoms with Crippen LogP contribution in [0.5, 0.6) is 0 Å². The van der Waals surface area contributed by atoms with E-state index >= 15 is 0 Å². The van der Waals surface area contributed by atoms with E-state index in [1.54, 1.807) is 30.4 Å². The third-order valence-electron chi connectivity index (χ3n) is 4.11. The Morgan fingerprint density at radius 2 is 2.03 bits per heavy atom. The molecule has 7 nitrogen and oxygen atoms in total. The summed E-state index contributed by atoms with van der Waals surface area (Å²) in [5.41, 5.74) is 2.12. The van der Waals surface area contributed by atoms with Gasteiger partial charge in [-0.1, -0.05) is 29.1 Å². The molecule has 0 amide bonds. The summed E-state index contributed by atoms with van der Waals surface area (Å²) >= 11 is 3.09. The molecule has 0 N–H and O–H groups in total. The molecule has 0 fully saturated rings. The van der Waals surface area contributed by atoms with Crippen molar-refractivity contribution in [1.82, 2.24) is 25.3 Å². The predicted octanol–water partition coefficient (Wildman–Crippen LogP) is 4.65. The highest BCUT2D eigenvalue weighted by molar-refractivity contribution is 7.99. The number of nitrogens with zero attached hydrogens (tertiary/aromatic N) is 5. The van der Waals surface area contributed by atoms with Gasteiger partial charge in [-0.15, -0.1) is 21.5 Å². The number of thioether (sulfide) groups is 1. The largest absolute Gasteiger partial charge is 0.416 e. The Morgan fingerprint density at radius 3 is 2.83 bits per heavy atom. The molecule has 4 aromatic rings. The Bertz CT molecular complexity index is 1110. The highest BCUT2D eigenvalue weighted by atomic mass is 32.2. The Balaban J connectivity index is 1.25. The van der Waals surface area contributed by atoms with Crippen molar-refractivity contribution in [2.75, 3.05) is 5.75 Å². The fraction of sp³-hybridized carbons (Fsp3) is 0.316. The van der Waals surface area contributed by atoms with Gasteiger partial charge in [0.15, 0.2) is 0 Å². The molecular weight excluding hydrogens is 413 g/mol. The fourth-order valence-corrected chi connectivity index (χ4v) is 3.93. The fourth-order valence-electron chi connectivity index (χ4n) is 2.60. The molecule has 3 aromatic heterocycles. The summed E-state index contributed by atoms with van der Waals surface area (Å²) in [4.78, 5) is 8.73. The van der Waals surface area contributed by atoms with Crippen molar-refractivity contribution in [2.45, 2.75) is 38.3 Å². The second-order valence-corrected chi connectivity index (χ2v) is 8.53. The topological polar surface area (TPSA) is 90.7 Å². The van der Waals surface area contributed by atoms with Crippen LogP contribution in [-0.2, 0) is 12.8 Å². The zero-order chi connectivity index (χ0) is 20.2. The van der Waals surface area contributed by atoms with Gasteiger partial charge in [0.2, 0.25) is 17.6 Å². The summed E-state index contributed by atoms with van der Waals surface area (Å²) in [6.45, 7) is 3.68. The number of thiazole rings is 1. The molecule has 3 heterocycles. The zero-order valence-electron chi connectivity index (χ0n) is 15.9. The van der Waals surface area contributed by atoms with Gasteiger partial charge in [-0.05, 0) is 31.9 Å². The first kappa shape index (κ1) is 19.7. The molecule has 0 saturated carbocycles. The van der Waals surface area contributed by atoms with E-state index in [2.05, 4.69) is 25.3 Å². The van der Waals surface area contributed by atoms with E-state index in [1.165, 1.54) is 17.8 Å². The van der Waals surface area contributed by atoms with E-state index < -0.39 is 0 Å². The Labute approximate surface area is 174 Å². The Morgan fingerprint density at radius 1 is 1.14 bits per heavy atom. The van der Waals surface area contributed by atoms with Crippen molar-refractivity contribution >= 4 is 23.1 Å². The summed E-state index contributed by atoms with van der Waals surface area (Å²) in [7, 11) is 0. The van der Waals surface area contributed by atoms with Gasteiger partial charge in [-0.3, -0.25) is 0 Å². The van der Waals surface area contributed by atoms with Crippen LogP contribution in [-0.4, -0.2) is 31.1 Å². The maximum absolute atomic E-state index is 13.7. The van der Waals surface area contributed by atoms with E-state index in [9.17, 15) is 4.39 Å². The van der Waals surface area contributed by atoms with E-state index in [1.807, 2.05) is 12.3 Å². The van der Waals surface area contributed by atoms with Gasteiger partial charge in [0, 0.05) is 23.1 Å². The zero-order valence-corrected chi connectivity index (χ0v) is 17.5. The smallest absolute Gasteiger partial charge is 0.276 e. The van der Waals surface area contributed by atoms with Crippen molar-refractivity contribution < 1.29 is 13.3 Å². The third kappa shape index (κ3) is 5.07. The summed E-state index contributed by atoms with van der Waals surface area (Å²) in [6.07, 6.45) is 1.97. The monoisotopic (exact) mass is 431 g/mol. The maximum Gasteiger partial charge on any atom is 0.276 e. The molecule has 0 radical (unpaired) electrons. The van der Waals surface area contributed by atoms with Crippen LogP contribution in [0.15, 0.2) is 37.7 Å². The van der Waals surface area contributed by atoms with Crippen LogP contribution in [0, 0.1) is 19.7 Å². The van der Waals surface area contributed by atoms with E-state index in [0.717, 1.165) is 22.9 Å². The van der Waals surface area contributed by atoms with Crippen molar-refractivity contribution in [3.05, 3.63) is 57.4 Å². The molecule has 10 heteroatoms. The molecule has 0 unspecified atom stereocenters. The Kier molecular flexibility index (Phi) is 6.00. The molecule has 0 aliphatic rings. The molecule has 0 atom stereocenters. The second-order valence-electron chi connectivity index (χ2n) is 6.42. The Hall–Kier alpha value is -2.59. The average molecular weight is 432 g/mol. The van der Waals surface area contributed by atoms with Gasteiger partial charge >= 0.3 is 0 Å².